The van der Waals surface area contributed by atoms with Crippen molar-refractivity contribution in [2.24, 2.45) is 0 Å². The van der Waals surface area contributed by atoms with Crippen molar-refractivity contribution >= 4 is 23.4 Å². The van der Waals surface area contributed by atoms with E-state index in [1.165, 1.54) is 0 Å². The van der Waals surface area contributed by atoms with Crippen molar-refractivity contribution in [1.82, 2.24) is 9.80 Å². The van der Waals surface area contributed by atoms with E-state index in [1.807, 2.05) is 61.2 Å². The summed E-state index contributed by atoms with van der Waals surface area (Å²) < 4.78 is 0. The van der Waals surface area contributed by atoms with Crippen LogP contribution < -0.4 is 5.32 Å². The van der Waals surface area contributed by atoms with Gasteiger partial charge >= 0.3 is 0 Å². The number of likely N-dealkylation sites (tertiary alicyclic amines) is 1. The zero-order valence-corrected chi connectivity index (χ0v) is 18.9. The second-order valence-corrected chi connectivity index (χ2v) is 8.82. The molecular weight excluding hydrogens is 402 g/mol. The van der Waals surface area contributed by atoms with Crippen LogP contribution in [-0.4, -0.2) is 46.7 Å². The smallest absolute Gasteiger partial charge is 0.245 e. The summed E-state index contributed by atoms with van der Waals surface area (Å²) in [7, 11) is 0. The highest BCUT2D eigenvalue weighted by Crippen LogP contribution is 2.29. The van der Waals surface area contributed by atoms with Crippen LogP contribution in [-0.2, 0) is 33.8 Å². The van der Waals surface area contributed by atoms with Gasteiger partial charge in [-0.05, 0) is 48.6 Å². The van der Waals surface area contributed by atoms with E-state index < -0.39 is 6.04 Å². The molecule has 2 aliphatic rings. The lowest BCUT2D eigenvalue weighted by atomic mass is 9.92. The first-order valence-electron chi connectivity index (χ1n) is 11.5. The molecule has 0 aromatic heterocycles. The number of carbonyl (C=O) groups is 3. The molecule has 0 bridgehead atoms. The number of amides is 3. The Labute approximate surface area is 189 Å². The molecule has 1 fully saturated rings. The van der Waals surface area contributed by atoms with E-state index in [9.17, 15) is 14.4 Å². The van der Waals surface area contributed by atoms with Crippen LogP contribution in [0.25, 0.3) is 0 Å². The lowest BCUT2D eigenvalue weighted by Gasteiger charge is -2.38. The topological polar surface area (TPSA) is 69.7 Å². The highest BCUT2D eigenvalue weighted by atomic mass is 16.2. The van der Waals surface area contributed by atoms with Crippen molar-refractivity contribution < 1.29 is 14.4 Å². The van der Waals surface area contributed by atoms with Gasteiger partial charge in [-0.3, -0.25) is 14.4 Å². The summed E-state index contributed by atoms with van der Waals surface area (Å²) in [5, 5.41) is 2.89. The lowest BCUT2D eigenvalue weighted by molar-refractivity contribution is -0.146. The van der Waals surface area contributed by atoms with Crippen LogP contribution in [0, 0.1) is 6.92 Å². The van der Waals surface area contributed by atoms with Gasteiger partial charge in [0.1, 0.15) is 6.04 Å². The zero-order valence-electron chi connectivity index (χ0n) is 18.9. The Hall–Kier alpha value is -3.15. The first-order valence-corrected chi connectivity index (χ1v) is 11.5. The second kappa shape index (κ2) is 9.55. The van der Waals surface area contributed by atoms with Gasteiger partial charge in [-0.15, -0.1) is 0 Å². The normalized spacial score (nSPS) is 17.8. The Morgan fingerprint density at radius 1 is 1.00 bits per heavy atom. The molecule has 1 atom stereocenters. The minimum atomic E-state index is -0.477. The standard InChI is InChI=1S/C26H31N3O3/c1-3-24(30)27-22-11-10-20-16-23(26(32)28-12-4-5-13-28)29(17-21(20)15-22)25(31)14-19-8-6-18(2)7-9-19/h6-11,15,23H,3-5,12-14,16-17H2,1-2H3,(H,27,30). The molecule has 3 amide bonds. The third-order valence-corrected chi connectivity index (χ3v) is 6.44. The highest BCUT2D eigenvalue weighted by molar-refractivity contribution is 5.91. The zero-order chi connectivity index (χ0) is 22.7. The molecule has 0 saturated carbocycles. The number of hydrogen-bond acceptors (Lipinski definition) is 3. The van der Waals surface area contributed by atoms with E-state index in [4.69, 9.17) is 0 Å². The quantitative estimate of drug-likeness (QED) is 0.785. The summed E-state index contributed by atoms with van der Waals surface area (Å²) in [5.74, 6) is -0.0380. The van der Waals surface area contributed by atoms with Gasteiger partial charge in [0.2, 0.25) is 17.7 Å². The second-order valence-electron chi connectivity index (χ2n) is 8.82. The monoisotopic (exact) mass is 433 g/mol. The number of aryl methyl sites for hydroxylation is 1. The number of carbonyl (C=O) groups excluding carboxylic acids is 3. The van der Waals surface area contributed by atoms with Gasteiger partial charge in [-0.1, -0.05) is 42.8 Å². The Kier molecular flexibility index (Phi) is 6.58. The van der Waals surface area contributed by atoms with Gasteiger partial charge in [0, 0.05) is 38.2 Å². The predicted molar refractivity (Wildman–Crippen MR) is 124 cm³/mol. The molecule has 4 rings (SSSR count). The van der Waals surface area contributed by atoms with Gasteiger partial charge in [0.15, 0.2) is 0 Å². The molecule has 6 nitrogen and oxygen atoms in total. The SMILES string of the molecule is CCC(=O)Nc1ccc2c(c1)CN(C(=O)Cc1ccc(C)cc1)C(C(=O)N1CCCC1)C2. The molecule has 1 saturated heterocycles. The van der Waals surface area contributed by atoms with Gasteiger partial charge < -0.3 is 15.1 Å². The molecule has 0 aliphatic carbocycles. The van der Waals surface area contributed by atoms with Crippen LogP contribution in [0.1, 0.15) is 48.4 Å². The maximum absolute atomic E-state index is 13.4. The number of hydrogen-bond donors (Lipinski definition) is 1. The summed E-state index contributed by atoms with van der Waals surface area (Å²) in [4.78, 5) is 42.2. The maximum Gasteiger partial charge on any atom is 0.245 e. The van der Waals surface area contributed by atoms with E-state index in [0.29, 0.717) is 19.4 Å². The van der Waals surface area contributed by atoms with Crippen molar-refractivity contribution in [3.8, 4) is 0 Å². The molecular formula is C26H31N3O3. The summed E-state index contributed by atoms with van der Waals surface area (Å²) >= 11 is 0. The Bertz CT molecular complexity index is 1010. The number of fused-ring (bicyclic) bond motifs is 1. The van der Waals surface area contributed by atoms with Crippen LogP contribution in [0.15, 0.2) is 42.5 Å². The van der Waals surface area contributed by atoms with Crippen molar-refractivity contribution in [3.63, 3.8) is 0 Å². The van der Waals surface area contributed by atoms with Gasteiger partial charge in [0.05, 0.1) is 6.42 Å². The molecule has 2 heterocycles. The summed E-state index contributed by atoms with van der Waals surface area (Å²) in [6.45, 7) is 5.75. The molecule has 2 aromatic carbocycles. The molecule has 6 heteroatoms. The number of nitrogens with zero attached hydrogens (tertiary/aromatic N) is 2. The van der Waals surface area contributed by atoms with Crippen LogP contribution >= 0.6 is 0 Å². The Balaban J connectivity index is 1.60. The molecule has 1 unspecified atom stereocenters. The fourth-order valence-corrected chi connectivity index (χ4v) is 4.52. The minimum absolute atomic E-state index is 0.0416. The van der Waals surface area contributed by atoms with Crippen molar-refractivity contribution in [3.05, 3.63) is 64.7 Å². The van der Waals surface area contributed by atoms with Crippen LogP contribution in [0.4, 0.5) is 5.69 Å². The van der Waals surface area contributed by atoms with E-state index >= 15 is 0 Å². The molecule has 1 N–H and O–H groups in total. The van der Waals surface area contributed by atoms with Crippen molar-refractivity contribution in [1.29, 1.82) is 0 Å². The van der Waals surface area contributed by atoms with E-state index in [2.05, 4.69) is 5.32 Å². The largest absolute Gasteiger partial charge is 0.341 e. The number of rotatable bonds is 5. The summed E-state index contributed by atoms with van der Waals surface area (Å²) in [5.41, 5.74) is 4.88. The first kappa shape index (κ1) is 22.1. The van der Waals surface area contributed by atoms with Gasteiger partial charge in [-0.25, -0.2) is 0 Å². The first-order chi connectivity index (χ1) is 15.4. The van der Waals surface area contributed by atoms with Crippen molar-refractivity contribution in [2.45, 2.75) is 58.5 Å². The number of nitrogens with one attached hydrogen (secondary N) is 1. The van der Waals surface area contributed by atoms with Crippen LogP contribution in [0.3, 0.4) is 0 Å². The molecule has 0 radical (unpaired) electrons. The lowest BCUT2D eigenvalue weighted by Crippen LogP contribution is -2.53. The van der Waals surface area contributed by atoms with E-state index in [1.54, 1.807) is 4.90 Å². The minimum Gasteiger partial charge on any atom is -0.341 e. The molecule has 2 aromatic rings. The third-order valence-electron chi connectivity index (χ3n) is 6.44. The van der Waals surface area contributed by atoms with Gasteiger partial charge in [-0.2, -0.15) is 0 Å². The fraction of sp³-hybridized carbons (Fsp3) is 0.423. The van der Waals surface area contributed by atoms with Crippen LogP contribution in [0.5, 0.6) is 0 Å². The molecule has 0 spiro atoms. The fourth-order valence-electron chi connectivity index (χ4n) is 4.52. The predicted octanol–water partition coefficient (Wildman–Crippen LogP) is 3.46. The van der Waals surface area contributed by atoms with Gasteiger partial charge in [0.25, 0.3) is 0 Å². The molecule has 2 aliphatic heterocycles. The van der Waals surface area contributed by atoms with Crippen LogP contribution in [0.2, 0.25) is 0 Å². The third kappa shape index (κ3) is 4.85. The maximum atomic E-state index is 13.4. The Morgan fingerprint density at radius 2 is 1.72 bits per heavy atom. The van der Waals surface area contributed by atoms with E-state index in [0.717, 1.165) is 53.9 Å². The van der Waals surface area contributed by atoms with Crippen molar-refractivity contribution in [2.75, 3.05) is 18.4 Å². The Morgan fingerprint density at radius 3 is 2.41 bits per heavy atom. The summed E-state index contributed by atoms with van der Waals surface area (Å²) in [6, 6.07) is 13.3. The summed E-state index contributed by atoms with van der Waals surface area (Å²) in [6.07, 6.45) is 3.22. The molecule has 168 valence electrons. The molecule has 32 heavy (non-hydrogen) atoms. The van der Waals surface area contributed by atoms with E-state index in [-0.39, 0.29) is 24.1 Å². The highest BCUT2D eigenvalue weighted by Gasteiger charge is 2.37. The number of anilines is 1. The average molecular weight is 434 g/mol. The number of benzene rings is 2. The average Bonchev–Trinajstić information content (AvgIpc) is 3.34.